The average Bonchev–Trinajstić information content (AvgIpc) is 2.94. The van der Waals surface area contributed by atoms with Crippen molar-refractivity contribution < 1.29 is 38.3 Å². The lowest BCUT2D eigenvalue weighted by molar-refractivity contribution is -0.384. The predicted octanol–water partition coefficient (Wildman–Crippen LogP) is 4.29. The van der Waals surface area contributed by atoms with Crippen LogP contribution in [0.25, 0.3) is 6.08 Å². The minimum Gasteiger partial charge on any atom is -0.493 e. The maximum atomic E-state index is 13.2. The minimum atomic E-state index is -0.960. The molecule has 1 fully saturated rings. The van der Waals surface area contributed by atoms with E-state index in [2.05, 4.69) is 10.1 Å². The Morgan fingerprint density at radius 3 is 2.45 bits per heavy atom. The molecule has 0 aliphatic carbocycles. The Labute approximate surface area is 231 Å². The molecule has 1 aliphatic heterocycles. The number of rotatable bonds is 8. The van der Waals surface area contributed by atoms with Gasteiger partial charge in [-0.15, -0.1) is 0 Å². The number of imide groups is 2. The number of esters is 1. The monoisotopic (exact) mass is 565 g/mol. The second-order valence-electron chi connectivity index (χ2n) is 8.25. The molecular weight excluding hydrogens is 546 g/mol. The highest BCUT2D eigenvalue weighted by molar-refractivity contribution is 6.39. The molecule has 0 radical (unpaired) electrons. The van der Waals surface area contributed by atoms with Crippen molar-refractivity contribution in [2.45, 2.75) is 6.61 Å². The fourth-order valence-corrected chi connectivity index (χ4v) is 4.08. The molecule has 0 aromatic heterocycles. The summed E-state index contributed by atoms with van der Waals surface area (Å²) in [7, 11) is 2.58. The number of benzene rings is 3. The molecule has 12 nitrogen and oxygen atoms in total. The molecule has 0 bridgehead atoms. The summed E-state index contributed by atoms with van der Waals surface area (Å²) in [6, 6.07) is 13.3. The smallest absolute Gasteiger partial charge is 0.337 e. The van der Waals surface area contributed by atoms with Gasteiger partial charge < -0.3 is 14.2 Å². The van der Waals surface area contributed by atoms with Crippen molar-refractivity contribution in [3.63, 3.8) is 0 Å². The summed E-state index contributed by atoms with van der Waals surface area (Å²) >= 11 is 6.42. The van der Waals surface area contributed by atoms with Gasteiger partial charge in [-0.3, -0.25) is 25.0 Å². The van der Waals surface area contributed by atoms with E-state index in [1.165, 1.54) is 74.9 Å². The summed E-state index contributed by atoms with van der Waals surface area (Å²) in [4.78, 5) is 61.2. The summed E-state index contributed by atoms with van der Waals surface area (Å²) in [6.07, 6.45) is 1.23. The minimum absolute atomic E-state index is 0.0507. The number of carbonyl (C=O) groups is 4. The van der Waals surface area contributed by atoms with E-state index in [0.29, 0.717) is 11.1 Å². The van der Waals surface area contributed by atoms with Gasteiger partial charge in [-0.2, -0.15) is 0 Å². The number of nitrogens with one attached hydrogen (secondary N) is 1. The van der Waals surface area contributed by atoms with E-state index in [-0.39, 0.29) is 45.6 Å². The third-order valence-corrected chi connectivity index (χ3v) is 6.00. The lowest BCUT2D eigenvalue weighted by Gasteiger charge is -2.26. The Morgan fingerprint density at radius 1 is 1.07 bits per heavy atom. The van der Waals surface area contributed by atoms with Crippen molar-refractivity contribution in [2.75, 3.05) is 19.1 Å². The Bertz CT molecular complexity index is 1570. The molecular formula is C27H20ClN3O9. The molecule has 4 rings (SSSR count). The fraction of sp³-hybridized carbons (Fsp3) is 0.111. The van der Waals surface area contributed by atoms with Gasteiger partial charge in [0.25, 0.3) is 17.5 Å². The molecule has 204 valence electrons. The summed E-state index contributed by atoms with van der Waals surface area (Å²) in [5.41, 5.74) is 0.681. The first-order chi connectivity index (χ1) is 19.1. The quantitative estimate of drug-likeness (QED) is 0.138. The van der Waals surface area contributed by atoms with Crippen LogP contribution in [0.5, 0.6) is 11.5 Å². The largest absolute Gasteiger partial charge is 0.493 e. The molecule has 40 heavy (non-hydrogen) atoms. The number of methoxy groups -OCH3 is 2. The average molecular weight is 566 g/mol. The Morgan fingerprint density at radius 2 is 1.80 bits per heavy atom. The lowest BCUT2D eigenvalue weighted by atomic mass is 10.1. The number of barbiturate groups is 1. The van der Waals surface area contributed by atoms with Crippen LogP contribution in [0, 0.1) is 10.1 Å². The number of hydrogen-bond acceptors (Lipinski definition) is 9. The number of nitro benzene ring substituents is 1. The van der Waals surface area contributed by atoms with E-state index >= 15 is 0 Å². The third-order valence-electron chi connectivity index (χ3n) is 5.72. The number of urea groups is 1. The van der Waals surface area contributed by atoms with Gasteiger partial charge in [-0.1, -0.05) is 23.7 Å². The van der Waals surface area contributed by atoms with Crippen LogP contribution in [0.2, 0.25) is 5.02 Å². The van der Waals surface area contributed by atoms with Crippen LogP contribution in [0.1, 0.15) is 21.5 Å². The number of carbonyl (C=O) groups excluding carboxylic acids is 4. The van der Waals surface area contributed by atoms with Crippen LogP contribution in [-0.4, -0.2) is 43.0 Å². The van der Waals surface area contributed by atoms with E-state index in [4.69, 9.17) is 21.1 Å². The Balaban J connectivity index is 1.61. The zero-order valence-corrected chi connectivity index (χ0v) is 21.8. The molecule has 1 heterocycles. The van der Waals surface area contributed by atoms with Crippen LogP contribution in [0.4, 0.5) is 16.2 Å². The first-order valence-corrected chi connectivity index (χ1v) is 11.8. The van der Waals surface area contributed by atoms with Crippen molar-refractivity contribution in [1.29, 1.82) is 0 Å². The Hall–Kier alpha value is -5.23. The molecule has 3 aromatic rings. The topological polar surface area (TPSA) is 154 Å². The fourth-order valence-electron chi connectivity index (χ4n) is 3.80. The van der Waals surface area contributed by atoms with Gasteiger partial charge in [0.1, 0.15) is 12.2 Å². The van der Waals surface area contributed by atoms with Crippen LogP contribution in [0.3, 0.4) is 0 Å². The molecule has 3 aromatic carbocycles. The number of anilines is 1. The molecule has 1 N–H and O–H groups in total. The summed E-state index contributed by atoms with van der Waals surface area (Å²) in [5.74, 6) is -2.11. The number of nitro groups is 1. The highest BCUT2D eigenvalue weighted by atomic mass is 35.5. The molecule has 13 heteroatoms. The standard InChI is InChI=1S/C27H20ClN3O9/c1-38-22-13-16(12-21(28)23(22)40-14-15-4-3-5-19(10-15)31(36)37)11-20-24(32)29-27(35)30(25(20)33)18-8-6-17(7-9-18)26(34)39-2/h3-13H,14H2,1-2H3,(H,29,32,35)/b20-11+. The highest BCUT2D eigenvalue weighted by Gasteiger charge is 2.37. The Kier molecular flexibility index (Phi) is 8.10. The van der Waals surface area contributed by atoms with Gasteiger partial charge >= 0.3 is 12.0 Å². The van der Waals surface area contributed by atoms with Crippen molar-refractivity contribution in [3.05, 3.63) is 98.1 Å². The molecule has 4 amide bonds. The molecule has 0 spiro atoms. The van der Waals surface area contributed by atoms with Crippen LogP contribution in [-0.2, 0) is 20.9 Å². The van der Waals surface area contributed by atoms with Gasteiger partial charge in [0.05, 0.1) is 35.4 Å². The van der Waals surface area contributed by atoms with Crippen molar-refractivity contribution >= 4 is 52.9 Å². The van der Waals surface area contributed by atoms with Crippen molar-refractivity contribution in [3.8, 4) is 11.5 Å². The SMILES string of the molecule is COC(=O)c1ccc(N2C(=O)NC(=O)/C(=C\c3cc(Cl)c(OCc4cccc([N+](=O)[O-])c4)c(OC)c3)C2=O)cc1. The van der Waals surface area contributed by atoms with Crippen molar-refractivity contribution in [2.24, 2.45) is 0 Å². The maximum Gasteiger partial charge on any atom is 0.337 e. The molecule has 0 atom stereocenters. The third kappa shape index (κ3) is 5.76. The zero-order chi connectivity index (χ0) is 29.0. The number of non-ortho nitro benzene ring substituents is 1. The lowest BCUT2D eigenvalue weighted by Crippen LogP contribution is -2.54. The maximum absolute atomic E-state index is 13.2. The van der Waals surface area contributed by atoms with Crippen LogP contribution in [0.15, 0.2) is 66.2 Å². The normalized spacial score (nSPS) is 14.1. The second-order valence-corrected chi connectivity index (χ2v) is 8.65. The van der Waals surface area contributed by atoms with E-state index in [9.17, 15) is 29.3 Å². The first kappa shape index (κ1) is 27.8. The molecule has 1 saturated heterocycles. The summed E-state index contributed by atoms with van der Waals surface area (Å²) < 4.78 is 15.8. The highest BCUT2D eigenvalue weighted by Crippen LogP contribution is 2.38. The molecule has 0 unspecified atom stereocenters. The predicted molar refractivity (Wildman–Crippen MR) is 142 cm³/mol. The van der Waals surface area contributed by atoms with Gasteiger partial charge in [0, 0.05) is 12.1 Å². The summed E-state index contributed by atoms with van der Waals surface area (Å²) in [5, 5.41) is 13.2. The molecule has 1 aliphatic rings. The van der Waals surface area contributed by atoms with Gasteiger partial charge in [0.2, 0.25) is 0 Å². The van der Waals surface area contributed by atoms with E-state index < -0.39 is 28.7 Å². The first-order valence-electron chi connectivity index (χ1n) is 11.5. The summed E-state index contributed by atoms with van der Waals surface area (Å²) in [6.45, 7) is -0.0507. The number of hydrogen-bond donors (Lipinski definition) is 1. The number of halogens is 1. The van der Waals surface area contributed by atoms with E-state index in [1.807, 2.05) is 0 Å². The van der Waals surface area contributed by atoms with Gasteiger partial charge in [-0.05, 0) is 53.6 Å². The zero-order valence-electron chi connectivity index (χ0n) is 21.0. The van der Waals surface area contributed by atoms with E-state index in [1.54, 1.807) is 6.07 Å². The van der Waals surface area contributed by atoms with E-state index in [0.717, 1.165) is 4.90 Å². The molecule has 0 saturated carbocycles. The van der Waals surface area contributed by atoms with Crippen LogP contribution < -0.4 is 19.7 Å². The van der Waals surface area contributed by atoms with Crippen molar-refractivity contribution in [1.82, 2.24) is 5.32 Å². The number of ether oxygens (including phenoxy) is 3. The van der Waals surface area contributed by atoms with Gasteiger partial charge in [0.15, 0.2) is 11.5 Å². The van der Waals surface area contributed by atoms with Gasteiger partial charge in [-0.25, -0.2) is 14.5 Å². The second kappa shape index (κ2) is 11.7. The van der Waals surface area contributed by atoms with Crippen LogP contribution >= 0.6 is 11.6 Å². The number of amides is 4. The number of nitrogens with zero attached hydrogens (tertiary/aromatic N) is 2.